The van der Waals surface area contributed by atoms with Crippen molar-refractivity contribution in [2.75, 3.05) is 90.3 Å². The summed E-state index contributed by atoms with van der Waals surface area (Å²) in [6.07, 6.45) is 3.91. The van der Waals surface area contributed by atoms with E-state index in [4.69, 9.17) is 28.8 Å². The van der Waals surface area contributed by atoms with Crippen LogP contribution in [0.2, 0.25) is 0 Å². The van der Waals surface area contributed by atoms with Gasteiger partial charge >= 0.3 is 0 Å². The van der Waals surface area contributed by atoms with Crippen LogP contribution in [0.4, 0.5) is 22.7 Å². The van der Waals surface area contributed by atoms with Crippen molar-refractivity contribution in [2.45, 2.75) is 127 Å². The van der Waals surface area contributed by atoms with E-state index in [-0.39, 0.29) is 82.6 Å². The van der Waals surface area contributed by atoms with Crippen LogP contribution in [-0.2, 0) is 51.2 Å². The van der Waals surface area contributed by atoms with Crippen molar-refractivity contribution in [3.63, 3.8) is 0 Å². The number of nitrogens with zero attached hydrogens (tertiary/aromatic N) is 6. The lowest BCUT2D eigenvalue weighted by atomic mass is 9.57. The normalized spacial score (nSPS) is 28.4. The van der Waals surface area contributed by atoms with E-state index in [1.807, 2.05) is 13.8 Å². The zero-order chi connectivity index (χ0) is 66.4. The number of hydrogen-bond donors (Lipinski definition) is 12. The number of Topliss-reactive ketones (excluding diaryl/α,β-unsaturated/α-hetero) is 4. The van der Waals surface area contributed by atoms with Crippen molar-refractivity contribution >= 4 is 92.0 Å². The van der Waals surface area contributed by atoms with Gasteiger partial charge in [0, 0.05) is 74.6 Å². The van der Waals surface area contributed by atoms with Crippen molar-refractivity contribution in [1.82, 2.24) is 19.6 Å². The van der Waals surface area contributed by atoms with E-state index in [0.717, 1.165) is 32.4 Å². The van der Waals surface area contributed by atoms with E-state index in [2.05, 4.69) is 29.0 Å². The number of aliphatic hydroxyl groups excluding tert-OH is 4. The minimum Gasteiger partial charge on any atom is -0.508 e. The third kappa shape index (κ3) is 11.0. The average Bonchev–Trinajstić information content (AvgIpc) is 1.09. The number of primary amides is 2. The highest BCUT2D eigenvalue weighted by molar-refractivity contribution is 6.64. The lowest BCUT2D eigenvalue weighted by Crippen LogP contribution is -2.65. The predicted molar refractivity (Wildman–Crippen MR) is 331 cm³/mol. The number of amides is 3. The van der Waals surface area contributed by atoms with Crippen LogP contribution in [0, 0.1) is 23.7 Å². The molecule has 0 unspecified atom stereocenters. The first-order valence-corrected chi connectivity index (χ1v) is 30.0. The van der Waals surface area contributed by atoms with Gasteiger partial charge in [0.25, 0.3) is 11.8 Å². The molecule has 27 heteroatoms. The summed E-state index contributed by atoms with van der Waals surface area (Å²) in [6.45, 7) is 9.99. The van der Waals surface area contributed by atoms with Gasteiger partial charge in [-0.25, -0.2) is 0 Å². The summed E-state index contributed by atoms with van der Waals surface area (Å²) in [6, 6.07) is 1.07. The number of aromatic hydroxyl groups is 2. The molecule has 2 saturated carbocycles. The molecule has 89 heavy (non-hydrogen) atoms. The van der Waals surface area contributed by atoms with Crippen molar-refractivity contribution in [1.29, 1.82) is 0 Å². The number of likely N-dealkylation sites (N-methyl/N-ethyl adjacent to an activating group) is 2. The Bertz CT molecular complexity index is 3500. The number of nitrogens with one attached hydrogen (secondary N) is 1. The van der Waals surface area contributed by atoms with Crippen LogP contribution in [-0.4, -0.2) is 223 Å². The van der Waals surface area contributed by atoms with E-state index >= 15 is 0 Å². The highest BCUT2D eigenvalue weighted by Crippen LogP contribution is 2.57. The molecule has 10 rings (SSSR count). The fraction of sp³-hybridized carbons (Fsp3) is 0.548. The van der Waals surface area contributed by atoms with Crippen LogP contribution in [0.1, 0.15) is 88.5 Å². The van der Waals surface area contributed by atoms with Crippen molar-refractivity contribution in [2.24, 2.45) is 35.1 Å². The number of fused-ring (bicyclic) bond motifs is 6. The maximum Gasteiger partial charge on any atom is 0.255 e. The van der Waals surface area contributed by atoms with Crippen LogP contribution < -0.4 is 32.3 Å². The number of phenols is 2. The number of likely N-dealkylation sites (tertiary alicyclic amines) is 2. The summed E-state index contributed by atoms with van der Waals surface area (Å²) < 4.78 is 0. The summed E-state index contributed by atoms with van der Waals surface area (Å²) in [5.74, 6) is -14.5. The number of hydrogen-bond acceptors (Lipinski definition) is 23. The quantitative estimate of drug-likeness (QED) is 0.0663. The number of phenolic OH excluding ortho intramolecular Hbond substituents is 2. The van der Waals surface area contributed by atoms with Gasteiger partial charge in [0.2, 0.25) is 22.7 Å². The maximum atomic E-state index is 14.1. The minimum absolute atomic E-state index is 0.00933. The molecular formula is C62H83ClN10O16. The Morgan fingerprint density at radius 2 is 1.00 bits per heavy atom. The average molecular weight is 1260 g/mol. The molecular weight excluding hydrogens is 1180 g/mol. The molecule has 26 nitrogen and oxygen atoms in total. The fourth-order valence-corrected chi connectivity index (χ4v) is 15.3. The number of carbonyl (C=O) groups is 8. The summed E-state index contributed by atoms with van der Waals surface area (Å²) in [5, 5.41) is 92.8. The zero-order valence-electron chi connectivity index (χ0n) is 52.1. The van der Waals surface area contributed by atoms with Crippen molar-refractivity contribution in [3.8, 4) is 11.5 Å². The molecule has 2 aromatic rings. The van der Waals surface area contributed by atoms with Crippen LogP contribution >= 0.6 is 11.6 Å². The van der Waals surface area contributed by atoms with Crippen LogP contribution in [0.25, 0.3) is 11.5 Å². The van der Waals surface area contributed by atoms with E-state index in [9.17, 15) is 79.2 Å². The first-order chi connectivity index (χ1) is 41.4. The van der Waals surface area contributed by atoms with E-state index in [0.29, 0.717) is 35.0 Å². The second-order valence-electron chi connectivity index (χ2n) is 25.8. The monoisotopic (exact) mass is 1260 g/mol. The molecule has 6 aliphatic carbocycles. The molecule has 2 aliphatic heterocycles. The zero-order valence-corrected chi connectivity index (χ0v) is 52.9. The molecule has 484 valence electrons. The van der Waals surface area contributed by atoms with Crippen LogP contribution in [0.3, 0.4) is 0 Å². The molecule has 0 bridgehead atoms. The van der Waals surface area contributed by atoms with Gasteiger partial charge in [-0.2, -0.15) is 0 Å². The number of ketones is 4. The Morgan fingerprint density at radius 1 is 0.618 bits per heavy atom. The third-order valence-corrected chi connectivity index (χ3v) is 19.4. The van der Waals surface area contributed by atoms with E-state index in [1.165, 1.54) is 9.80 Å². The SMILES string of the molecule is CC(C)N1CCC[C@H]1C(=O)Cl.CC(C)N1CCC[C@H]1C(=O)Nc1cc(N(C)C)c2c(c1O)C(O)=C1C(=O)[C@]3(O)C(O)=C(C(N)=O)C(=O)[C@@H](N(C)C)[C@@H]3C[C@@H]1C2.CN(C)c1cc(N)c(O)c2c1C[C@H]1C[C@H]3[C@H](N(C)C)C(=O)C(C(N)=O)=C(O)[C@@]3(O)C(=O)C1=C2O. The summed E-state index contributed by atoms with van der Waals surface area (Å²) >= 11 is 5.44. The molecule has 15 N–H and O–H groups in total. The van der Waals surface area contributed by atoms with Gasteiger partial charge in [-0.1, -0.05) is 0 Å². The molecule has 4 fully saturated rings. The van der Waals surface area contributed by atoms with E-state index < -0.39 is 134 Å². The number of halogens is 1. The standard InChI is InChI=1S/C31H41N5O8.C23H28N4O7.C8H14ClNO/c1-13(2)36-9-7-8-18(36)30(43)33-17-12-19(34(3)4)15-10-14-11-16-23(35(5)6)26(39)22(29(32)42)28(41)31(16,44)27(40)20(14)25(38)21(15)24(17)37;1-26(2)12-7-11(24)17(28)14-9(12)5-8-6-10-16(27(3)4)19(30)15(22(25)33)21(32)23(10,34)20(31)13(8)18(14)29;1-6(2)10-5-3-4-7(10)8(9)11/h12-14,16,18,23,37-38,41,44H,7-11H2,1-6H3,(H2,32,42)(H,33,43);7-8,10,16,28-29,32,34H,5-6,24H2,1-4H3,(H2,25,33);6-7H,3-5H2,1-2H3/t14-,16-,18-,23-,31-;8-,10-,16-,23-;7-/m000/s1. The third-order valence-electron chi connectivity index (χ3n) is 19.1. The maximum absolute atomic E-state index is 14.1. The first-order valence-electron chi connectivity index (χ1n) is 29.6. The Morgan fingerprint density at radius 3 is 1.36 bits per heavy atom. The molecule has 2 saturated heterocycles. The predicted octanol–water partition coefficient (Wildman–Crippen LogP) is 2.08. The second-order valence-corrected chi connectivity index (χ2v) is 26.2. The van der Waals surface area contributed by atoms with Crippen molar-refractivity contribution in [3.05, 3.63) is 68.2 Å². The van der Waals surface area contributed by atoms with Gasteiger partial charge < -0.3 is 73.2 Å². The van der Waals surface area contributed by atoms with Gasteiger partial charge in [0.15, 0.2) is 22.8 Å². The van der Waals surface area contributed by atoms with Crippen molar-refractivity contribution < 1.29 is 79.2 Å². The number of carbonyl (C=O) groups excluding carboxylic acids is 8. The van der Waals surface area contributed by atoms with Gasteiger partial charge in [-0.05, 0) is 167 Å². The number of benzene rings is 2. The van der Waals surface area contributed by atoms with Gasteiger partial charge in [-0.15, -0.1) is 0 Å². The molecule has 0 aromatic heterocycles. The van der Waals surface area contributed by atoms with Gasteiger partial charge in [-0.3, -0.25) is 58.0 Å². The number of anilines is 4. The molecule has 0 spiro atoms. The molecule has 8 aliphatic rings. The highest BCUT2D eigenvalue weighted by atomic mass is 35.5. The molecule has 3 amide bonds. The lowest BCUT2D eigenvalue weighted by molar-refractivity contribution is -0.155. The van der Waals surface area contributed by atoms with E-state index in [1.54, 1.807) is 78.3 Å². The minimum atomic E-state index is -2.72. The smallest absolute Gasteiger partial charge is 0.255 e. The van der Waals surface area contributed by atoms with Crippen LogP contribution in [0.5, 0.6) is 11.5 Å². The second kappa shape index (κ2) is 24.7. The Labute approximate surface area is 520 Å². The molecule has 0 radical (unpaired) electrons. The number of rotatable bonds is 11. The first kappa shape index (κ1) is 67.3. The fourth-order valence-electron chi connectivity index (χ4n) is 15.1. The largest absolute Gasteiger partial charge is 0.508 e. The van der Waals surface area contributed by atoms with Crippen LogP contribution in [0.15, 0.2) is 45.9 Å². The Kier molecular flexibility index (Phi) is 18.7. The summed E-state index contributed by atoms with van der Waals surface area (Å²) in [4.78, 5) is 113. The summed E-state index contributed by atoms with van der Waals surface area (Å²) in [7, 11) is 13.3. The molecule has 10 atom stereocenters. The van der Waals surface area contributed by atoms with Gasteiger partial charge in [0.1, 0.15) is 45.7 Å². The Balaban J connectivity index is 0.000000201. The highest BCUT2D eigenvalue weighted by Gasteiger charge is 2.66. The Hall–Kier alpha value is -7.59. The van der Waals surface area contributed by atoms with Gasteiger partial charge in [0.05, 0.1) is 46.7 Å². The number of aliphatic hydroxyl groups is 6. The number of nitrogens with two attached hydrogens (primary N) is 3. The molecule has 2 heterocycles. The topological polar surface area (TPSA) is 408 Å². The number of nitrogen functional groups attached to an aromatic ring is 1. The lowest BCUT2D eigenvalue weighted by Gasteiger charge is -2.50. The summed E-state index contributed by atoms with van der Waals surface area (Å²) in [5.41, 5.74) is 11.3. The molecule has 2 aromatic carbocycles.